The zero-order chi connectivity index (χ0) is 17.1. The minimum absolute atomic E-state index is 0.194. The van der Waals surface area contributed by atoms with Crippen LogP contribution in [-0.4, -0.2) is 34.9 Å². The van der Waals surface area contributed by atoms with E-state index in [0.29, 0.717) is 31.4 Å². The maximum absolute atomic E-state index is 12.5. The number of carbonyl (C=O) groups excluding carboxylic acids is 4. The van der Waals surface area contributed by atoms with Crippen LogP contribution >= 0.6 is 0 Å². The van der Waals surface area contributed by atoms with E-state index in [1.54, 1.807) is 12.1 Å². The van der Waals surface area contributed by atoms with Crippen LogP contribution in [0.3, 0.4) is 0 Å². The normalized spacial score (nSPS) is 19.4. The highest BCUT2D eigenvalue weighted by atomic mass is 16.2. The molecule has 0 bridgehead atoms. The second-order valence-electron chi connectivity index (χ2n) is 5.78. The molecule has 2 aliphatic heterocycles. The molecule has 1 atom stereocenters. The maximum Gasteiger partial charge on any atom is 0.255 e. The van der Waals surface area contributed by atoms with Gasteiger partial charge in [-0.25, -0.2) is 0 Å². The van der Waals surface area contributed by atoms with Gasteiger partial charge in [-0.3, -0.25) is 19.7 Å². The Balaban J connectivity index is 1.77. The first-order valence-corrected chi connectivity index (χ1v) is 7.80. The van der Waals surface area contributed by atoms with E-state index >= 15 is 0 Å². The lowest BCUT2D eigenvalue weighted by atomic mass is 10.0. The molecule has 0 radical (unpaired) electrons. The van der Waals surface area contributed by atoms with E-state index in [0.717, 1.165) is 17.4 Å². The predicted octanol–water partition coefficient (Wildman–Crippen LogP) is 0.778. The average molecular weight is 324 g/mol. The summed E-state index contributed by atoms with van der Waals surface area (Å²) in [4.78, 5) is 47.5. The number of nitrogens with one attached hydrogen (secondary N) is 1. The number of benzene rings is 1. The Kier molecular flexibility index (Phi) is 4.43. The zero-order valence-corrected chi connectivity index (χ0v) is 13.0. The van der Waals surface area contributed by atoms with Gasteiger partial charge in [0.05, 0.1) is 0 Å². The molecule has 24 heavy (non-hydrogen) atoms. The minimum Gasteiger partial charge on any atom is -0.322 e. The summed E-state index contributed by atoms with van der Waals surface area (Å²) in [5.41, 5.74) is 2.17. The molecule has 0 aromatic heterocycles. The van der Waals surface area contributed by atoms with Crippen LogP contribution in [0, 0.1) is 11.8 Å². The SMILES string of the molecule is O=CCCC#Cc1ccc2c(c1)CN(C1CCC(=O)NC1=O)C2=O. The molecule has 2 aliphatic rings. The third-order valence-electron chi connectivity index (χ3n) is 4.14. The van der Waals surface area contributed by atoms with Gasteiger partial charge in [-0.05, 0) is 30.2 Å². The number of nitrogens with zero attached hydrogens (tertiary/aromatic N) is 1. The van der Waals surface area contributed by atoms with Gasteiger partial charge in [-0.2, -0.15) is 0 Å². The molecule has 1 aromatic carbocycles. The Bertz CT molecular complexity index is 788. The second-order valence-corrected chi connectivity index (χ2v) is 5.78. The quantitative estimate of drug-likeness (QED) is 0.385. The molecule has 1 aromatic rings. The Morgan fingerprint density at radius 3 is 2.88 bits per heavy atom. The van der Waals surface area contributed by atoms with Crippen LogP contribution in [0.5, 0.6) is 0 Å². The van der Waals surface area contributed by atoms with Crippen molar-refractivity contribution < 1.29 is 19.2 Å². The Morgan fingerprint density at radius 1 is 1.29 bits per heavy atom. The molecular formula is C18H16N2O4. The van der Waals surface area contributed by atoms with Crippen LogP contribution in [0.1, 0.15) is 47.2 Å². The van der Waals surface area contributed by atoms with Crippen LogP contribution in [-0.2, 0) is 20.9 Å². The molecule has 6 heteroatoms. The fraction of sp³-hybridized carbons (Fsp3) is 0.333. The minimum atomic E-state index is -0.607. The summed E-state index contributed by atoms with van der Waals surface area (Å²) >= 11 is 0. The van der Waals surface area contributed by atoms with Gasteiger partial charge < -0.3 is 9.69 Å². The molecule has 3 rings (SSSR count). The van der Waals surface area contributed by atoms with Crippen molar-refractivity contribution in [1.82, 2.24) is 10.2 Å². The van der Waals surface area contributed by atoms with Crippen LogP contribution in [0.2, 0.25) is 0 Å². The van der Waals surface area contributed by atoms with Gasteiger partial charge in [0, 0.05) is 36.9 Å². The van der Waals surface area contributed by atoms with Crippen molar-refractivity contribution in [2.24, 2.45) is 0 Å². The van der Waals surface area contributed by atoms with E-state index < -0.39 is 11.9 Å². The number of hydrogen-bond acceptors (Lipinski definition) is 4. The first-order chi connectivity index (χ1) is 11.6. The van der Waals surface area contributed by atoms with Crippen molar-refractivity contribution in [3.05, 3.63) is 34.9 Å². The summed E-state index contributed by atoms with van der Waals surface area (Å²) in [6.07, 6.45) is 2.32. The lowest BCUT2D eigenvalue weighted by molar-refractivity contribution is -0.136. The maximum atomic E-state index is 12.5. The molecule has 0 saturated carbocycles. The van der Waals surface area contributed by atoms with Crippen molar-refractivity contribution >= 4 is 24.0 Å². The van der Waals surface area contributed by atoms with Gasteiger partial charge in [0.25, 0.3) is 5.91 Å². The highest BCUT2D eigenvalue weighted by Gasteiger charge is 2.38. The number of imide groups is 1. The van der Waals surface area contributed by atoms with Crippen LogP contribution in [0.4, 0.5) is 0 Å². The fourth-order valence-corrected chi connectivity index (χ4v) is 2.95. The molecule has 2 heterocycles. The zero-order valence-electron chi connectivity index (χ0n) is 13.0. The van der Waals surface area contributed by atoms with E-state index in [4.69, 9.17) is 0 Å². The lowest BCUT2D eigenvalue weighted by Gasteiger charge is -2.29. The highest BCUT2D eigenvalue weighted by Crippen LogP contribution is 2.28. The van der Waals surface area contributed by atoms with Crippen molar-refractivity contribution in [2.45, 2.75) is 38.3 Å². The molecule has 1 saturated heterocycles. The van der Waals surface area contributed by atoms with Crippen LogP contribution < -0.4 is 5.32 Å². The van der Waals surface area contributed by atoms with E-state index in [-0.39, 0.29) is 18.2 Å². The van der Waals surface area contributed by atoms with Gasteiger partial charge in [-0.1, -0.05) is 11.8 Å². The molecule has 1 fully saturated rings. The Morgan fingerprint density at radius 2 is 2.12 bits per heavy atom. The third kappa shape index (κ3) is 3.06. The molecule has 6 nitrogen and oxygen atoms in total. The van der Waals surface area contributed by atoms with E-state index in [1.807, 2.05) is 6.07 Å². The smallest absolute Gasteiger partial charge is 0.255 e. The monoisotopic (exact) mass is 324 g/mol. The van der Waals surface area contributed by atoms with Crippen molar-refractivity contribution in [1.29, 1.82) is 0 Å². The van der Waals surface area contributed by atoms with Crippen LogP contribution in [0.15, 0.2) is 18.2 Å². The molecular weight excluding hydrogens is 308 g/mol. The number of carbonyl (C=O) groups is 4. The first-order valence-electron chi connectivity index (χ1n) is 7.80. The fourth-order valence-electron chi connectivity index (χ4n) is 2.95. The molecule has 1 unspecified atom stereocenters. The Labute approximate surface area is 139 Å². The van der Waals surface area contributed by atoms with E-state index in [1.165, 1.54) is 4.90 Å². The summed E-state index contributed by atoms with van der Waals surface area (Å²) < 4.78 is 0. The standard InChI is InChI=1S/C18H16N2O4/c21-9-3-1-2-4-12-5-6-14-13(10-12)11-20(18(14)24)15-7-8-16(22)19-17(15)23/h5-6,9-10,15H,1,3,7-8,11H2,(H,19,22,23). The predicted molar refractivity (Wildman–Crippen MR) is 84.7 cm³/mol. The van der Waals surface area contributed by atoms with Gasteiger partial charge in [0.15, 0.2) is 0 Å². The molecule has 1 N–H and O–H groups in total. The summed E-state index contributed by atoms with van der Waals surface area (Å²) in [5.74, 6) is 4.97. The summed E-state index contributed by atoms with van der Waals surface area (Å²) in [6.45, 7) is 0.338. The lowest BCUT2D eigenvalue weighted by Crippen LogP contribution is -2.52. The molecule has 122 valence electrons. The average Bonchev–Trinajstić information content (AvgIpc) is 2.88. The van der Waals surface area contributed by atoms with Gasteiger partial charge in [0.1, 0.15) is 12.3 Å². The summed E-state index contributed by atoms with van der Waals surface area (Å²) in [5, 5.41) is 2.28. The number of amides is 3. The number of hydrogen-bond donors (Lipinski definition) is 1. The Hall–Kier alpha value is -2.94. The van der Waals surface area contributed by atoms with Crippen molar-refractivity contribution in [2.75, 3.05) is 0 Å². The largest absolute Gasteiger partial charge is 0.322 e. The second kappa shape index (κ2) is 6.67. The summed E-state index contributed by atoms with van der Waals surface area (Å²) in [7, 11) is 0. The number of unbranched alkanes of at least 4 members (excludes halogenated alkanes) is 1. The number of fused-ring (bicyclic) bond motifs is 1. The topological polar surface area (TPSA) is 83.6 Å². The number of aldehydes is 1. The van der Waals surface area contributed by atoms with Gasteiger partial charge >= 0.3 is 0 Å². The third-order valence-corrected chi connectivity index (χ3v) is 4.14. The highest BCUT2D eigenvalue weighted by molar-refractivity contribution is 6.05. The molecule has 0 aliphatic carbocycles. The van der Waals surface area contributed by atoms with Gasteiger partial charge in [0.2, 0.25) is 11.8 Å². The van der Waals surface area contributed by atoms with E-state index in [9.17, 15) is 19.2 Å². The number of piperidine rings is 1. The number of rotatable bonds is 3. The van der Waals surface area contributed by atoms with Gasteiger partial charge in [-0.15, -0.1) is 0 Å². The molecule has 0 spiro atoms. The molecule has 3 amide bonds. The first kappa shape index (κ1) is 15.9. The van der Waals surface area contributed by atoms with Crippen LogP contribution in [0.25, 0.3) is 0 Å². The van der Waals surface area contributed by atoms with Crippen molar-refractivity contribution in [3.8, 4) is 11.8 Å². The van der Waals surface area contributed by atoms with Crippen molar-refractivity contribution in [3.63, 3.8) is 0 Å². The van der Waals surface area contributed by atoms with E-state index in [2.05, 4.69) is 17.2 Å². The summed E-state index contributed by atoms with van der Waals surface area (Å²) in [6, 6.07) is 4.71.